The van der Waals surface area contributed by atoms with Crippen molar-refractivity contribution >= 4 is 17.5 Å². The minimum absolute atomic E-state index is 0.0347. The molecule has 1 N–H and O–H groups in total. The van der Waals surface area contributed by atoms with Crippen LogP contribution in [0, 0.1) is 0 Å². The lowest BCUT2D eigenvalue weighted by Crippen LogP contribution is -2.44. The molecule has 0 aromatic heterocycles. The van der Waals surface area contributed by atoms with Crippen molar-refractivity contribution in [3.63, 3.8) is 0 Å². The van der Waals surface area contributed by atoms with Gasteiger partial charge in [0.15, 0.2) is 0 Å². The highest BCUT2D eigenvalue weighted by molar-refractivity contribution is 6.09. The Kier molecular flexibility index (Phi) is 5.91. The molecule has 2 amide bonds. The number of fused-ring (bicyclic) bond motifs is 1. The van der Waals surface area contributed by atoms with Crippen LogP contribution in [0.2, 0.25) is 0 Å². The third-order valence-electron chi connectivity index (χ3n) is 5.08. The molecule has 0 bridgehead atoms. The summed E-state index contributed by atoms with van der Waals surface area (Å²) >= 11 is 0. The van der Waals surface area contributed by atoms with Gasteiger partial charge < -0.3 is 15.0 Å². The molecule has 5 heteroatoms. The number of rotatable bonds is 8. The van der Waals surface area contributed by atoms with Crippen LogP contribution in [-0.4, -0.2) is 38.6 Å². The van der Waals surface area contributed by atoms with Crippen molar-refractivity contribution in [1.29, 1.82) is 0 Å². The summed E-state index contributed by atoms with van der Waals surface area (Å²) in [4.78, 5) is 27.7. The summed E-state index contributed by atoms with van der Waals surface area (Å²) < 4.78 is 5.28. The largest absolute Gasteiger partial charge is 0.380 e. The van der Waals surface area contributed by atoms with E-state index in [-0.39, 0.29) is 18.2 Å². The predicted molar refractivity (Wildman–Crippen MR) is 106 cm³/mol. The topological polar surface area (TPSA) is 58.6 Å². The van der Waals surface area contributed by atoms with Gasteiger partial charge in [-0.05, 0) is 30.5 Å². The van der Waals surface area contributed by atoms with Gasteiger partial charge in [-0.2, -0.15) is 0 Å². The van der Waals surface area contributed by atoms with E-state index in [4.69, 9.17) is 4.74 Å². The average Bonchev–Trinajstić information content (AvgIpc) is 2.89. The zero-order valence-corrected chi connectivity index (χ0v) is 15.9. The fraction of sp³-hybridized carbons (Fsp3) is 0.364. The number of likely N-dealkylation sites (N-methyl/N-ethyl adjacent to an activating group) is 1. The number of carbonyl (C=O) groups excluding carboxylic acids is 2. The van der Waals surface area contributed by atoms with E-state index in [1.54, 1.807) is 11.9 Å². The lowest BCUT2D eigenvalue weighted by Gasteiger charge is -2.28. The van der Waals surface area contributed by atoms with Crippen molar-refractivity contribution in [2.45, 2.75) is 25.2 Å². The smallest absolute Gasteiger partial charge is 0.238 e. The van der Waals surface area contributed by atoms with Gasteiger partial charge in [-0.1, -0.05) is 48.5 Å². The number of nitrogens with zero attached hydrogens (tertiary/aromatic N) is 1. The second-order valence-corrected chi connectivity index (χ2v) is 6.85. The molecule has 1 heterocycles. The lowest BCUT2D eigenvalue weighted by molar-refractivity contribution is -0.129. The van der Waals surface area contributed by atoms with Crippen LogP contribution in [0.5, 0.6) is 0 Å². The van der Waals surface area contributed by atoms with E-state index in [1.807, 2.05) is 61.5 Å². The first-order chi connectivity index (χ1) is 13.1. The molecule has 2 aromatic carbocycles. The summed E-state index contributed by atoms with van der Waals surface area (Å²) in [5, 5.41) is 2.89. The number of anilines is 1. The summed E-state index contributed by atoms with van der Waals surface area (Å²) in [5.41, 5.74) is 1.95. The summed E-state index contributed by atoms with van der Waals surface area (Å²) in [6.45, 7) is 3.45. The van der Waals surface area contributed by atoms with Gasteiger partial charge >= 0.3 is 0 Å². The van der Waals surface area contributed by atoms with Gasteiger partial charge in [0.1, 0.15) is 0 Å². The molecule has 2 aromatic rings. The Morgan fingerprint density at radius 3 is 2.56 bits per heavy atom. The third-order valence-corrected chi connectivity index (χ3v) is 5.08. The highest BCUT2D eigenvalue weighted by Gasteiger charge is 2.50. The van der Waals surface area contributed by atoms with Crippen LogP contribution in [-0.2, 0) is 26.2 Å². The number of hydrogen-bond donors (Lipinski definition) is 1. The SMILES string of the molecule is CCOCCNC(=O)CC1(Cc2ccccc2)C(=O)N(C)c2ccccc21. The van der Waals surface area contributed by atoms with Crippen LogP contribution in [0.3, 0.4) is 0 Å². The summed E-state index contributed by atoms with van der Waals surface area (Å²) in [6, 6.07) is 17.6. The standard InChI is InChI=1S/C22H26N2O3/c1-3-27-14-13-23-20(25)16-22(15-17-9-5-4-6-10-17)18-11-7-8-12-19(18)24(2)21(22)26/h4-12H,3,13-16H2,1-2H3,(H,23,25). The van der Waals surface area contributed by atoms with Crippen molar-refractivity contribution in [3.8, 4) is 0 Å². The first kappa shape index (κ1) is 19.1. The van der Waals surface area contributed by atoms with Crippen molar-refractivity contribution in [1.82, 2.24) is 5.32 Å². The van der Waals surface area contributed by atoms with E-state index in [0.717, 1.165) is 16.8 Å². The van der Waals surface area contributed by atoms with Crippen molar-refractivity contribution in [3.05, 3.63) is 65.7 Å². The van der Waals surface area contributed by atoms with Gasteiger partial charge in [0.25, 0.3) is 0 Å². The molecule has 1 unspecified atom stereocenters. The zero-order chi connectivity index (χ0) is 19.3. The number of benzene rings is 2. The van der Waals surface area contributed by atoms with Crippen LogP contribution in [0.15, 0.2) is 54.6 Å². The molecule has 0 saturated carbocycles. The molecule has 1 atom stereocenters. The van der Waals surface area contributed by atoms with Crippen molar-refractivity contribution in [2.75, 3.05) is 31.7 Å². The second kappa shape index (κ2) is 8.35. The van der Waals surface area contributed by atoms with Crippen molar-refractivity contribution < 1.29 is 14.3 Å². The maximum atomic E-state index is 13.3. The van der Waals surface area contributed by atoms with E-state index >= 15 is 0 Å². The molecular formula is C22H26N2O3. The van der Waals surface area contributed by atoms with Gasteiger partial charge in [0.05, 0.1) is 12.0 Å². The maximum Gasteiger partial charge on any atom is 0.238 e. The van der Waals surface area contributed by atoms with E-state index in [2.05, 4.69) is 5.32 Å². The highest BCUT2D eigenvalue weighted by atomic mass is 16.5. The number of nitrogens with one attached hydrogen (secondary N) is 1. The summed E-state index contributed by atoms with van der Waals surface area (Å²) in [5.74, 6) is -0.170. The summed E-state index contributed by atoms with van der Waals surface area (Å²) in [6.07, 6.45) is 0.612. The zero-order valence-electron chi connectivity index (χ0n) is 15.9. The minimum Gasteiger partial charge on any atom is -0.380 e. The molecule has 1 aliphatic rings. The molecule has 0 fully saturated rings. The van der Waals surface area contributed by atoms with Crippen LogP contribution in [0.4, 0.5) is 5.69 Å². The van der Waals surface area contributed by atoms with E-state index < -0.39 is 5.41 Å². The Morgan fingerprint density at radius 2 is 1.81 bits per heavy atom. The molecule has 0 radical (unpaired) electrons. The first-order valence-electron chi connectivity index (χ1n) is 9.34. The normalized spacial score (nSPS) is 18.4. The average molecular weight is 366 g/mol. The minimum atomic E-state index is -0.887. The summed E-state index contributed by atoms with van der Waals surface area (Å²) in [7, 11) is 1.78. The number of amides is 2. The predicted octanol–water partition coefficient (Wildman–Crippen LogP) is 2.69. The Bertz CT molecular complexity index is 806. The van der Waals surface area contributed by atoms with E-state index in [1.165, 1.54) is 0 Å². The van der Waals surface area contributed by atoms with Crippen LogP contribution < -0.4 is 10.2 Å². The van der Waals surface area contributed by atoms with Crippen LogP contribution in [0.25, 0.3) is 0 Å². The Labute approximate surface area is 160 Å². The number of hydrogen-bond acceptors (Lipinski definition) is 3. The van der Waals surface area contributed by atoms with Crippen molar-refractivity contribution in [2.24, 2.45) is 0 Å². The number of para-hydroxylation sites is 1. The van der Waals surface area contributed by atoms with Gasteiger partial charge in [-0.25, -0.2) is 0 Å². The van der Waals surface area contributed by atoms with Gasteiger partial charge in [0, 0.05) is 32.3 Å². The molecule has 5 nitrogen and oxygen atoms in total. The molecular weight excluding hydrogens is 340 g/mol. The maximum absolute atomic E-state index is 13.3. The van der Waals surface area contributed by atoms with Gasteiger partial charge in [-0.15, -0.1) is 0 Å². The Balaban J connectivity index is 1.91. The number of carbonyl (C=O) groups is 2. The Morgan fingerprint density at radius 1 is 1.11 bits per heavy atom. The van der Waals surface area contributed by atoms with Crippen LogP contribution >= 0.6 is 0 Å². The lowest BCUT2D eigenvalue weighted by atomic mass is 9.73. The molecule has 1 aliphatic heterocycles. The fourth-order valence-corrected chi connectivity index (χ4v) is 3.81. The second-order valence-electron chi connectivity index (χ2n) is 6.85. The quantitative estimate of drug-likeness (QED) is 0.731. The molecule has 0 saturated heterocycles. The monoisotopic (exact) mass is 366 g/mol. The molecule has 0 spiro atoms. The van der Waals surface area contributed by atoms with E-state index in [9.17, 15) is 9.59 Å². The third kappa shape index (κ3) is 3.88. The Hall–Kier alpha value is -2.66. The van der Waals surface area contributed by atoms with Gasteiger partial charge in [-0.3, -0.25) is 9.59 Å². The van der Waals surface area contributed by atoms with E-state index in [0.29, 0.717) is 26.2 Å². The molecule has 0 aliphatic carbocycles. The van der Waals surface area contributed by atoms with Crippen LogP contribution in [0.1, 0.15) is 24.5 Å². The van der Waals surface area contributed by atoms with Gasteiger partial charge in [0.2, 0.25) is 11.8 Å². The molecule has 142 valence electrons. The fourth-order valence-electron chi connectivity index (χ4n) is 3.81. The highest BCUT2D eigenvalue weighted by Crippen LogP contribution is 2.45. The first-order valence-corrected chi connectivity index (χ1v) is 9.34. The molecule has 27 heavy (non-hydrogen) atoms. The number of ether oxygens (including phenoxy) is 1. The molecule has 3 rings (SSSR count).